The van der Waals surface area contributed by atoms with E-state index in [0.29, 0.717) is 0 Å². The minimum Gasteiger partial charge on any atom is -0.455 e. The van der Waals surface area contributed by atoms with E-state index in [2.05, 4.69) is 176 Å². The van der Waals surface area contributed by atoms with Crippen LogP contribution >= 0.6 is 23.5 Å². The molecular weight excluding hydrogens is 699 g/mol. The van der Waals surface area contributed by atoms with Gasteiger partial charge in [-0.15, -0.1) is 0 Å². The predicted molar refractivity (Wildman–Crippen MR) is 227 cm³/mol. The number of rotatable bonds is 3. The monoisotopic (exact) mass is 743 g/mol. The molecule has 5 heteroatoms. The van der Waals surface area contributed by atoms with Crippen LogP contribution in [0, 0.1) is 0 Å². The first kappa shape index (κ1) is 34.9. The van der Waals surface area contributed by atoms with Gasteiger partial charge in [-0.05, 0) is 105 Å². The molecule has 3 nitrogen and oxygen atoms in total. The first-order valence-corrected chi connectivity index (χ1v) is 20.4. The Morgan fingerprint density at radius 2 is 1.09 bits per heavy atom. The summed E-state index contributed by atoms with van der Waals surface area (Å²) in [5, 5.41) is 0. The van der Waals surface area contributed by atoms with Crippen LogP contribution in [0.2, 0.25) is 0 Å². The highest BCUT2D eigenvalue weighted by atomic mass is 32.2. The lowest BCUT2D eigenvalue weighted by Gasteiger charge is -2.36. The average Bonchev–Trinajstić information content (AvgIpc) is 3.25. The minimum atomic E-state index is -0.382. The Labute approximate surface area is 328 Å². The molecule has 1 aliphatic carbocycles. The van der Waals surface area contributed by atoms with Gasteiger partial charge in [0.05, 0.1) is 25.3 Å². The molecule has 0 saturated heterocycles. The first-order chi connectivity index (χ1) is 25.8. The fourth-order valence-corrected chi connectivity index (χ4v) is 9.81. The van der Waals surface area contributed by atoms with Gasteiger partial charge in [0.2, 0.25) is 0 Å². The Morgan fingerprint density at radius 3 is 1.69 bits per heavy atom. The molecule has 0 aromatic heterocycles. The highest BCUT2D eigenvalue weighted by molar-refractivity contribution is 8.00. The highest BCUT2D eigenvalue weighted by Crippen LogP contribution is 2.59. The summed E-state index contributed by atoms with van der Waals surface area (Å²) in [6.07, 6.45) is 4.51. The molecule has 54 heavy (non-hydrogen) atoms. The zero-order chi connectivity index (χ0) is 37.6. The van der Waals surface area contributed by atoms with Crippen LogP contribution in [0.15, 0.2) is 135 Å². The van der Waals surface area contributed by atoms with Gasteiger partial charge in [-0.3, -0.25) is 0 Å². The van der Waals surface area contributed by atoms with Crippen molar-refractivity contribution in [2.75, 3.05) is 4.90 Å². The van der Waals surface area contributed by atoms with E-state index in [-0.39, 0.29) is 16.2 Å². The first-order valence-electron chi connectivity index (χ1n) is 18.7. The molecule has 0 radical (unpaired) electrons. The molecule has 9 rings (SSSR count). The molecule has 2 aliphatic heterocycles. The quantitative estimate of drug-likeness (QED) is 0.179. The van der Waals surface area contributed by atoms with Crippen LogP contribution in [0.25, 0.3) is 12.2 Å². The molecule has 0 atom stereocenters. The second-order valence-corrected chi connectivity index (χ2v) is 19.2. The number of hydrogen-bond donors (Lipinski definition) is 0. The second-order valence-electron chi connectivity index (χ2n) is 17.1. The van der Waals surface area contributed by atoms with Gasteiger partial charge >= 0.3 is 0 Å². The number of anilines is 3. The molecule has 2 heterocycles. The van der Waals surface area contributed by atoms with Gasteiger partial charge in [0.1, 0.15) is 17.2 Å². The van der Waals surface area contributed by atoms with Crippen molar-refractivity contribution in [2.45, 2.75) is 91.2 Å². The standard InChI is InChI=1S/C49H45NO2S2/c1-47(2,3)31-18-22-33(23-19-31)50(34-24-20-32(21-25-34)48(4,5)6)38-28-37-35(45-46(38)54-43-16-12-10-14-40(43)52-45)26-17-30-27-41-44(29-36(30)49(37,7)8)53-42-15-11-9-13-39(42)51-41/h9-29H,1-8H3. The third-order valence-electron chi connectivity index (χ3n) is 10.9. The van der Waals surface area contributed by atoms with Crippen molar-refractivity contribution in [2.24, 2.45) is 0 Å². The second kappa shape index (κ2) is 12.6. The van der Waals surface area contributed by atoms with Crippen LogP contribution in [0.4, 0.5) is 17.1 Å². The van der Waals surface area contributed by atoms with Crippen LogP contribution in [-0.2, 0) is 16.2 Å². The molecule has 0 amide bonds. The molecule has 0 fully saturated rings. The van der Waals surface area contributed by atoms with Gasteiger partial charge in [-0.1, -0.05) is 140 Å². The van der Waals surface area contributed by atoms with Crippen LogP contribution in [0.5, 0.6) is 23.0 Å². The number of ether oxygens (including phenoxy) is 2. The molecule has 0 spiro atoms. The van der Waals surface area contributed by atoms with Crippen molar-refractivity contribution in [1.82, 2.24) is 0 Å². The van der Waals surface area contributed by atoms with E-state index in [9.17, 15) is 0 Å². The van der Waals surface area contributed by atoms with E-state index < -0.39 is 0 Å². The lowest BCUT2D eigenvalue weighted by atomic mass is 9.75. The van der Waals surface area contributed by atoms with E-state index in [1.54, 1.807) is 23.5 Å². The van der Waals surface area contributed by atoms with Crippen molar-refractivity contribution in [3.05, 3.63) is 149 Å². The lowest BCUT2D eigenvalue weighted by molar-refractivity contribution is 0.450. The fourth-order valence-electron chi connectivity index (χ4n) is 7.76. The van der Waals surface area contributed by atoms with Crippen LogP contribution in [0.1, 0.15) is 88.8 Å². The largest absolute Gasteiger partial charge is 0.455 e. The average molecular weight is 744 g/mol. The molecule has 0 N–H and O–H groups in total. The molecule has 0 bridgehead atoms. The highest BCUT2D eigenvalue weighted by Gasteiger charge is 2.37. The normalized spacial score (nSPS) is 14.9. The van der Waals surface area contributed by atoms with Crippen molar-refractivity contribution in [3.8, 4) is 23.0 Å². The van der Waals surface area contributed by atoms with Gasteiger partial charge in [0, 0.05) is 22.4 Å². The van der Waals surface area contributed by atoms with E-state index >= 15 is 0 Å². The van der Waals surface area contributed by atoms with Crippen LogP contribution in [-0.4, -0.2) is 0 Å². The Morgan fingerprint density at radius 1 is 0.537 bits per heavy atom. The van der Waals surface area contributed by atoms with Gasteiger partial charge < -0.3 is 14.4 Å². The Kier molecular flexibility index (Phi) is 8.15. The molecular formula is C49H45NO2S2. The summed E-state index contributed by atoms with van der Waals surface area (Å²) in [6, 6.07) is 41.9. The smallest absolute Gasteiger partial charge is 0.151 e. The zero-order valence-corrected chi connectivity index (χ0v) is 33.8. The van der Waals surface area contributed by atoms with Crippen molar-refractivity contribution >= 4 is 52.7 Å². The number of hydrogen-bond acceptors (Lipinski definition) is 5. The third kappa shape index (κ3) is 5.93. The Balaban J connectivity index is 1.28. The SMILES string of the molecule is CC(C)(C)c1ccc(N(c2ccc(C(C)(C)C)cc2)c2cc3c(c4c2Sc2ccccc2O4)C=Cc2cc4c(cc2C3(C)C)Sc2ccccc2O4)cc1. The third-order valence-corrected chi connectivity index (χ3v) is 13.2. The van der Waals surface area contributed by atoms with E-state index in [0.717, 1.165) is 70.8 Å². The Hall–Kier alpha value is -4.84. The van der Waals surface area contributed by atoms with Gasteiger partial charge in [0.15, 0.2) is 5.75 Å². The maximum atomic E-state index is 7.03. The number of benzene rings is 6. The zero-order valence-electron chi connectivity index (χ0n) is 32.2. The maximum absolute atomic E-state index is 7.03. The molecule has 0 unspecified atom stereocenters. The lowest BCUT2D eigenvalue weighted by Crippen LogP contribution is -2.23. The fraction of sp³-hybridized carbons (Fsp3) is 0.224. The summed E-state index contributed by atoms with van der Waals surface area (Å²) in [6.45, 7) is 18.3. The molecule has 6 aromatic carbocycles. The van der Waals surface area contributed by atoms with Crippen molar-refractivity contribution in [3.63, 3.8) is 0 Å². The number of para-hydroxylation sites is 2. The summed E-state index contributed by atoms with van der Waals surface area (Å²) >= 11 is 3.58. The van der Waals surface area contributed by atoms with Gasteiger partial charge in [-0.2, -0.15) is 0 Å². The van der Waals surface area contributed by atoms with Crippen molar-refractivity contribution < 1.29 is 9.47 Å². The topological polar surface area (TPSA) is 21.7 Å². The Bertz CT molecular complexity index is 2420. The molecule has 3 aliphatic rings. The summed E-state index contributed by atoms with van der Waals surface area (Å²) < 4.78 is 13.5. The van der Waals surface area contributed by atoms with Gasteiger partial charge in [0.25, 0.3) is 0 Å². The van der Waals surface area contributed by atoms with Crippen LogP contribution in [0.3, 0.4) is 0 Å². The molecule has 270 valence electrons. The predicted octanol–water partition coefficient (Wildman–Crippen LogP) is 15.1. The molecule has 6 aromatic rings. The number of fused-ring (bicyclic) bond motifs is 7. The van der Waals surface area contributed by atoms with E-state index in [1.165, 1.54) is 22.3 Å². The van der Waals surface area contributed by atoms with Gasteiger partial charge in [-0.25, -0.2) is 0 Å². The summed E-state index contributed by atoms with van der Waals surface area (Å²) in [7, 11) is 0. The summed E-state index contributed by atoms with van der Waals surface area (Å²) in [5.41, 5.74) is 10.4. The van der Waals surface area contributed by atoms with Crippen molar-refractivity contribution in [1.29, 1.82) is 0 Å². The molecule has 0 saturated carbocycles. The minimum absolute atomic E-state index is 0.0443. The maximum Gasteiger partial charge on any atom is 0.151 e. The number of nitrogens with zero attached hydrogens (tertiary/aromatic N) is 1. The summed E-state index contributed by atoms with van der Waals surface area (Å²) in [4.78, 5) is 6.92. The van der Waals surface area contributed by atoms with Crippen LogP contribution < -0.4 is 14.4 Å². The van der Waals surface area contributed by atoms with E-state index in [4.69, 9.17) is 9.47 Å². The van der Waals surface area contributed by atoms with E-state index in [1.807, 2.05) is 12.1 Å². The summed E-state index contributed by atoms with van der Waals surface area (Å²) in [5.74, 6) is 3.59.